The number of hydrogen-bond acceptors (Lipinski definition) is 4. The number of carbonyl (C=O) groups is 1. The molecule has 1 N–H and O–H groups in total. The van der Waals surface area contributed by atoms with E-state index in [1.54, 1.807) is 5.38 Å². The van der Waals surface area contributed by atoms with E-state index in [2.05, 4.69) is 18.0 Å². The van der Waals surface area contributed by atoms with Crippen molar-refractivity contribution in [3.8, 4) is 16.3 Å². The van der Waals surface area contributed by atoms with Crippen LogP contribution in [0.2, 0.25) is 0 Å². The molecule has 0 atom stereocenters. The molecule has 25 heavy (non-hydrogen) atoms. The van der Waals surface area contributed by atoms with Crippen LogP contribution in [0, 0.1) is 13.8 Å². The van der Waals surface area contributed by atoms with Gasteiger partial charge in [0.05, 0.1) is 12.1 Å². The first-order chi connectivity index (χ1) is 12.0. The highest BCUT2D eigenvalue weighted by Gasteiger charge is 2.08. The van der Waals surface area contributed by atoms with Crippen LogP contribution in [0.15, 0.2) is 47.8 Å². The Morgan fingerprint density at radius 3 is 2.60 bits per heavy atom. The Labute approximate surface area is 150 Å². The molecule has 0 radical (unpaired) electrons. The van der Waals surface area contributed by atoms with E-state index in [1.165, 1.54) is 16.9 Å². The summed E-state index contributed by atoms with van der Waals surface area (Å²) in [4.78, 5) is 15.1. The fraction of sp³-hybridized carbons (Fsp3) is 0.200. The average molecular weight is 353 g/mol. The van der Waals surface area contributed by atoms with E-state index in [1.807, 2.05) is 43.3 Å². The number of nitrogens with zero attached hydrogens (tertiary/aromatic N) is 1. The Kier molecular flexibility index (Phi) is 5.14. The molecule has 0 fully saturated rings. The van der Waals surface area contributed by atoms with Crippen molar-refractivity contribution < 1.29 is 14.6 Å². The van der Waals surface area contributed by atoms with E-state index in [4.69, 9.17) is 9.84 Å². The van der Waals surface area contributed by atoms with Gasteiger partial charge in [0.2, 0.25) is 0 Å². The summed E-state index contributed by atoms with van der Waals surface area (Å²) < 4.78 is 5.89. The molecule has 0 saturated carbocycles. The maximum Gasteiger partial charge on any atom is 0.309 e. The Morgan fingerprint density at radius 2 is 1.92 bits per heavy atom. The van der Waals surface area contributed by atoms with Crippen LogP contribution in [0.25, 0.3) is 10.6 Å². The van der Waals surface area contributed by atoms with Crippen molar-refractivity contribution in [1.82, 2.24) is 4.98 Å². The van der Waals surface area contributed by atoms with E-state index < -0.39 is 5.97 Å². The fourth-order valence-electron chi connectivity index (χ4n) is 2.54. The van der Waals surface area contributed by atoms with Gasteiger partial charge in [-0.3, -0.25) is 4.79 Å². The second-order valence-electron chi connectivity index (χ2n) is 5.97. The summed E-state index contributed by atoms with van der Waals surface area (Å²) in [5.41, 5.74) is 5.00. The minimum absolute atomic E-state index is 0.0433. The van der Waals surface area contributed by atoms with Crippen LogP contribution in [0.4, 0.5) is 0 Å². The van der Waals surface area contributed by atoms with Gasteiger partial charge in [0, 0.05) is 10.9 Å². The Balaban J connectivity index is 1.65. The smallest absolute Gasteiger partial charge is 0.309 e. The first kappa shape index (κ1) is 17.2. The standard InChI is InChI=1S/C20H19NO3S/c1-13-3-8-18(14(2)9-13)24-11-15-4-6-16(7-5-15)20-21-17(12-25-20)10-19(22)23/h3-9,12H,10-11H2,1-2H3,(H,22,23). The van der Waals surface area contributed by atoms with Crippen LogP contribution in [0.3, 0.4) is 0 Å². The molecular weight excluding hydrogens is 334 g/mol. The number of carboxylic acids is 1. The second-order valence-corrected chi connectivity index (χ2v) is 6.83. The number of hydrogen-bond donors (Lipinski definition) is 1. The highest BCUT2D eigenvalue weighted by molar-refractivity contribution is 7.13. The molecule has 0 amide bonds. The van der Waals surface area contributed by atoms with Crippen LogP contribution in [0.5, 0.6) is 5.75 Å². The zero-order valence-electron chi connectivity index (χ0n) is 14.2. The molecule has 1 heterocycles. The van der Waals surface area contributed by atoms with E-state index >= 15 is 0 Å². The molecule has 0 saturated heterocycles. The minimum atomic E-state index is -0.865. The number of aryl methyl sites for hydroxylation is 2. The van der Waals surface area contributed by atoms with Crippen molar-refractivity contribution in [2.24, 2.45) is 0 Å². The number of aliphatic carboxylic acids is 1. The third kappa shape index (κ3) is 4.45. The van der Waals surface area contributed by atoms with E-state index in [0.29, 0.717) is 12.3 Å². The average Bonchev–Trinajstić information content (AvgIpc) is 3.02. The van der Waals surface area contributed by atoms with Gasteiger partial charge < -0.3 is 9.84 Å². The maximum absolute atomic E-state index is 10.7. The largest absolute Gasteiger partial charge is 0.489 e. The molecule has 5 heteroatoms. The van der Waals surface area contributed by atoms with Gasteiger partial charge in [0.25, 0.3) is 0 Å². The monoisotopic (exact) mass is 353 g/mol. The molecule has 4 nitrogen and oxygen atoms in total. The molecule has 1 aromatic heterocycles. The van der Waals surface area contributed by atoms with Gasteiger partial charge in [-0.1, -0.05) is 42.0 Å². The molecule has 2 aromatic carbocycles. The van der Waals surface area contributed by atoms with Crippen LogP contribution in [0.1, 0.15) is 22.4 Å². The third-order valence-electron chi connectivity index (χ3n) is 3.81. The third-order valence-corrected chi connectivity index (χ3v) is 4.75. The van der Waals surface area contributed by atoms with Crippen molar-refractivity contribution in [2.75, 3.05) is 0 Å². The van der Waals surface area contributed by atoms with Gasteiger partial charge in [-0.05, 0) is 31.0 Å². The number of rotatable bonds is 6. The van der Waals surface area contributed by atoms with Crippen LogP contribution in [-0.2, 0) is 17.8 Å². The van der Waals surface area contributed by atoms with Crippen molar-refractivity contribution in [3.63, 3.8) is 0 Å². The van der Waals surface area contributed by atoms with Crippen molar-refractivity contribution in [1.29, 1.82) is 0 Å². The van der Waals surface area contributed by atoms with Crippen molar-refractivity contribution in [2.45, 2.75) is 26.9 Å². The first-order valence-electron chi connectivity index (χ1n) is 7.97. The Bertz CT molecular complexity index is 884. The second kappa shape index (κ2) is 7.49. The van der Waals surface area contributed by atoms with E-state index in [-0.39, 0.29) is 6.42 Å². The summed E-state index contributed by atoms with van der Waals surface area (Å²) in [5, 5.41) is 11.4. The number of carboxylic acid groups (broad SMARTS) is 1. The minimum Gasteiger partial charge on any atom is -0.489 e. The zero-order valence-corrected chi connectivity index (χ0v) is 15.0. The Hall–Kier alpha value is -2.66. The lowest BCUT2D eigenvalue weighted by molar-refractivity contribution is -0.136. The Morgan fingerprint density at radius 1 is 1.16 bits per heavy atom. The lowest BCUT2D eigenvalue weighted by atomic mass is 10.1. The zero-order chi connectivity index (χ0) is 17.8. The molecule has 3 aromatic rings. The predicted octanol–water partition coefficient (Wildman–Crippen LogP) is 4.63. The fourth-order valence-corrected chi connectivity index (χ4v) is 3.37. The summed E-state index contributed by atoms with van der Waals surface area (Å²) in [6.45, 7) is 4.62. The normalized spacial score (nSPS) is 10.6. The first-order valence-corrected chi connectivity index (χ1v) is 8.85. The van der Waals surface area contributed by atoms with Gasteiger partial charge in [0.1, 0.15) is 17.4 Å². The highest BCUT2D eigenvalue weighted by Crippen LogP contribution is 2.25. The SMILES string of the molecule is Cc1ccc(OCc2ccc(-c3nc(CC(=O)O)cs3)cc2)c(C)c1. The van der Waals surface area contributed by atoms with Gasteiger partial charge >= 0.3 is 5.97 Å². The van der Waals surface area contributed by atoms with Crippen LogP contribution >= 0.6 is 11.3 Å². The number of benzene rings is 2. The molecule has 0 bridgehead atoms. The molecule has 0 aliphatic carbocycles. The number of thiazole rings is 1. The van der Waals surface area contributed by atoms with Gasteiger partial charge in [0.15, 0.2) is 0 Å². The molecule has 0 unspecified atom stereocenters. The van der Waals surface area contributed by atoms with Gasteiger partial charge in [-0.15, -0.1) is 11.3 Å². The highest BCUT2D eigenvalue weighted by atomic mass is 32.1. The van der Waals surface area contributed by atoms with Crippen LogP contribution < -0.4 is 4.74 Å². The topological polar surface area (TPSA) is 59.4 Å². The van der Waals surface area contributed by atoms with E-state index in [0.717, 1.165) is 27.4 Å². The van der Waals surface area contributed by atoms with Gasteiger partial charge in [-0.2, -0.15) is 0 Å². The van der Waals surface area contributed by atoms with Crippen molar-refractivity contribution in [3.05, 3.63) is 70.2 Å². The lowest BCUT2D eigenvalue weighted by Crippen LogP contribution is -2.00. The molecule has 3 rings (SSSR count). The summed E-state index contributed by atoms with van der Waals surface area (Å²) in [6.07, 6.45) is -0.0433. The molecule has 128 valence electrons. The van der Waals surface area contributed by atoms with E-state index in [9.17, 15) is 4.79 Å². The maximum atomic E-state index is 10.7. The summed E-state index contributed by atoms with van der Waals surface area (Å²) >= 11 is 1.46. The van der Waals surface area contributed by atoms with Crippen LogP contribution in [-0.4, -0.2) is 16.1 Å². The molecule has 0 spiro atoms. The molecule has 0 aliphatic heterocycles. The number of aromatic nitrogens is 1. The lowest BCUT2D eigenvalue weighted by Gasteiger charge is -2.10. The summed E-state index contributed by atoms with van der Waals surface area (Å²) in [6, 6.07) is 14.2. The summed E-state index contributed by atoms with van der Waals surface area (Å²) in [7, 11) is 0. The molecular formula is C20H19NO3S. The van der Waals surface area contributed by atoms with Crippen molar-refractivity contribution >= 4 is 17.3 Å². The number of ether oxygens (including phenoxy) is 1. The predicted molar refractivity (Wildman–Crippen MR) is 99.1 cm³/mol. The summed E-state index contributed by atoms with van der Waals surface area (Å²) in [5.74, 6) is 0.0312. The van der Waals surface area contributed by atoms with Gasteiger partial charge in [-0.25, -0.2) is 4.98 Å². The quantitative estimate of drug-likeness (QED) is 0.702. The molecule has 0 aliphatic rings.